The zero-order valence-electron chi connectivity index (χ0n) is 7.37. The van der Waals surface area contributed by atoms with Crippen molar-refractivity contribution in [2.24, 2.45) is 0 Å². The summed E-state index contributed by atoms with van der Waals surface area (Å²) in [6.45, 7) is 1.30. The number of rotatable bonds is 5. The average Bonchev–Trinajstić information content (AvgIpc) is 2.12. The zero-order chi connectivity index (χ0) is 9.56. The number of carbonyl (C=O) groups is 1. The lowest BCUT2D eigenvalue weighted by molar-refractivity contribution is -0.122. The Hall–Kier alpha value is -0.650. The highest BCUT2D eigenvalue weighted by molar-refractivity contribution is 5.80. The van der Waals surface area contributed by atoms with Gasteiger partial charge in [0.15, 0.2) is 0 Å². The first-order chi connectivity index (χ1) is 5.65. The molecule has 0 aliphatic heterocycles. The first-order valence-electron chi connectivity index (χ1n) is 3.85. The van der Waals surface area contributed by atoms with E-state index in [2.05, 4.69) is 10.6 Å². The van der Waals surface area contributed by atoms with E-state index in [-0.39, 0.29) is 19.1 Å². The first-order valence-corrected chi connectivity index (χ1v) is 3.85. The van der Waals surface area contributed by atoms with E-state index in [4.69, 9.17) is 10.2 Å². The molecule has 0 bridgehead atoms. The monoisotopic (exact) mass is 176 g/mol. The van der Waals surface area contributed by atoms with E-state index in [1.54, 1.807) is 6.92 Å². The van der Waals surface area contributed by atoms with Crippen molar-refractivity contribution in [2.75, 3.05) is 20.3 Å². The van der Waals surface area contributed by atoms with Crippen LogP contribution in [-0.4, -0.2) is 48.5 Å². The summed E-state index contributed by atoms with van der Waals surface area (Å²) in [7, 11) is 1.54. The van der Waals surface area contributed by atoms with Crippen LogP contribution in [0, 0.1) is 0 Å². The van der Waals surface area contributed by atoms with Gasteiger partial charge in [0, 0.05) is 7.05 Å². The van der Waals surface area contributed by atoms with Crippen molar-refractivity contribution in [3.05, 3.63) is 0 Å². The van der Waals surface area contributed by atoms with Crippen molar-refractivity contribution in [2.45, 2.75) is 19.0 Å². The zero-order valence-corrected chi connectivity index (χ0v) is 7.37. The summed E-state index contributed by atoms with van der Waals surface area (Å²) in [5.41, 5.74) is 0. The Morgan fingerprint density at radius 2 is 1.92 bits per heavy atom. The molecule has 5 nitrogen and oxygen atoms in total. The van der Waals surface area contributed by atoms with Gasteiger partial charge in [0.25, 0.3) is 0 Å². The summed E-state index contributed by atoms with van der Waals surface area (Å²) >= 11 is 0. The maximum Gasteiger partial charge on any atom is 0.236 e. The molecule has 0 aromatic rings. The largest absolute Gasteiger partial charge is 0.395 e. The molecule has 4 N–H and O–H groups in total. The third kappa shape index (κ3) is 3.66. The lowest BCUT2D eigenvalue weighted by Crippen LogP contribution is -2.48. The molecule has 72 valence electrons. The van der Waals surface area contributed by atoms with E-state index < -0.39 is 12.1 Å². The van der Waals surface area contributed by atoms with Crippen molar-refractivity contribution in [3.8, 4) is 0 Å². The second-order valence-corrected chi connectivity index (χ2v) is 2.56. The number of likely N-dealkylation sites (N-methyl/N-ethyl adjacent to an activating group) is 1. The van der Waals surface area contributed by atoms with Crippen LogP contribution in [-0.2, 0) is 4.79 Å². The number of amides is 1. The number of hydrogen-bond donors (Lipinski definition) is 4. The van der Waals surface area contributed by atoms with Gasteiger partial charge in [0.2, 0.25) is 5.91 Å². The number of hydrogen-bond acceptors (Lipinski definition) is 4. The lowest BCUT2D eigenvalue weighted by atomic mass is 10.2. The van der Waals surface area contributed by atoms with Gasteiger partial charge >= 0.3 is 0 Å². The van der Waals surface area contributed by atoms with Crippen LogP contribution in [0.1, 0.15) is 6.92 Å². The Bertz CT molecular complexity index is 137. The third-order valence-electron chi connectivity index (χ3n) is 1.57. The molecule has 5 heteroatoms. The maximum atomic E-state index is 10.9. The molecule has 0 radical (unpaired) electrons. The minimum atomic E-state index is -0.433. The van der Waals surface area contributed by atoms with Crippen LogP contribution >= 0.6 is 0 Å². The van der Waals surface area contributed by atoms with E-state index in [0.29, 0.717) is 0 Å². The minimum Gasteiger partial charge on any atom is -0.395 e. The number of aliphatic hydroxyl groups excluding tert-OH is 2. The van der Waals surface area contributed by atoms with E-state index in [1.165, 1.54) is 7.05 Å². The Labute approximate surface area is 71.8 Å². The van der Waals surface area contributed by atoms with Gasteiger partial charge in [-0.05, 0) is 6.92 Å². The molecule has 0 spiro atoms. The fraction of sp³-hybridized carbons (Fsp3) is 0.857. The lowest BCUT2D eigenvalue weighted by Gasteiger charge is -2.18. The summed E-state index contributed by atoms with van der Waals surface area (Å²) in [5, 5.41) is 22.6. The van der Waals surface area contributed by atoms with E-state index in [9.17, 15) is 4.79 Å². The average molecular weight is 176 g/mol. The summed E-state index contributed by atoms with van der Waals surface area (Å²) < 4.78 is 0. The summed E-state index contributed by atoms with van der Waals surface area (Å²) in [4.78, 5) is 10.9. The molecule has 12 heavy (non-hydrogen) atoms. The molecular formula is C7H16N2O3. The quantitative estimate of drug-likeness (QED) is 0.393. The Morgan fingerprint density at radius 1 is 1.42 bits per heavy atom. The standard InChI is InChI=1S/C7H16N2O3/c1-5(7(12)8-2)9-6(3-10)4-11/h5-6,9-11H,3-4H2,1-2H3,(H,8,12). The second kappa shape index (κ2) is 5.93. The summed E-state index contributed by atoms with van der Waals surface area (Å²) in [5.74, 6) is -0.165. The molecule has 0 aromatic carbocycles. The fourth-order valence-corrected chi connectivity index (χ4v) is 0.809. The van der Waals surface area contributed by atoms with E-state index in [1.807, 2.05) is 0 Å². The highest BCUT2D eigenvalue weighted by Crippen LogP contribution is 1.86. The normalized spacial score (nSPS) is 13.1. The number of carbonyl (C=O) groups excluding carboxylic acids is 1. The number of nitrogens with one attached hydrogen (secondary N) is 2. The van der Waals surface area contributed by atoms with Crippen molar-refractivity contribution >= 4 is 5.91 Å². The van der Waals surface area contributed by atoms with Crippen LogP contribution in [0.25, 0.3) is 0 Å². The highest BCUT2D eigenvalue weighted by Gasteiger charge is 2.14. The first kappa shape index (κ1) is 11.4. The molecule has 0 fully saturated rings. The van der Waals surface area contributed by atoms with E-state index in [0.717, 1.165) is 0 Å². The smallest absolute Gasteiger partial charge is 0.236 e. The van der Waals surface area contributed by atoms with Gasteiger partial charge in [-0.1, -0.05) is 0 Å². The van der Waals surface area contributed by atoms with Gasteiger partial charge in [0.05, 0.1) is 25.3 Å². The van der Waals surface area contributed by atoms with Gasteiger partial charge in [-0.25, -0.2) is 0 Å². The van der Waals surface area contributed by atoms with Crippen LogP contribution in [0.5, 0.6) is 0 Å². The van der Waals surface area contributed by atoms with Crippen molar-refractivity contribution in [3.63, 3.8) is 0 Å². The van der Waals surface area contributed by atoms with Crippen molar-refractivity contribution in [1.82, 2.24) is 10.6 Å². The van der Waals surface area contributed by atoms with Crippen LogP contribution in [0.2, 0.25) is 0 Å². The van der Waals surface area contributed by atoms with Gasteiger partial charge in [-0.3, -0.25) is 10.1 Å². The molecule has 1 amide bonds. The summed E-state index contributed by atoms with van der Waals surface area (Å²) in [6, 6.07) is -0.836. The number of aliphatic hydroxyl groups is 2. The fourth-order valence-electron chi connectivity index (χ4n) is 0.809. The topological polar surface area (TPSA) is 81.6 Å². The molecule has 1 unspecified atom stereocenters. The van der Waals surface area contributed by atoms with Gasteiger partial charge in [0.1, 0.15) is 0 Å². The summed E-state index contributed by atoms with van der Waals surface area (Å²) in [6.07, 6.45) is 0. The molecule has 0 aliphatic carbocycles. The maximum absolute atomic E-state index is 10.9. The van der Waals surface area contributed by atoms with Crippen LogP contribution < -0.4 is 10.6 Å². The molecule has 0 rings (SSSR count). The van der Waals surface area contributed by atoms with Crippen LogP contribution in [0.15, 0.2) is 0 Å². The third-order valence-corrected chi connectivity index (χ3v) is 1.57. The Morgan fingerprint density at radius 3 is 2.25 bits per heavy atom. The molecular weight excluding hydrogens is 160 g/mol. The Kier molecular flexibility index (Phi) is 5.61. The molecule has 0 aromatic heterocycles. The van der Waals surface area contributed by atoms with Crippen molar-refractivity contribution < 1.29 is 15.0 Å². The Balaban J connectivity index is 3.80. The van der Waals surface area contributed by atoms with Crippen LogP contribution in [0.4, 0.5) is 0 Å². The molecule has 0 aliphatic rings. The molecule has 0 saturated heterocycles. The molecule has 0 heterocycles. The van der Waals surface area contributed by atoms with Gasteiger partial charge in [-0.2, -0.15) is 0 Å². The minimum absolute atomic E-state index is 0.165. The predicted octanol–water partition coefficient (Wildman–Crippen LogP) is -1.94. The molecule has 0 saturated carbocycles. The van der Waals surface area contributed by atoms with Crippen molar-refractivity contribution in [1.29, 1.82) is 0 Å². The molecule has 1 atom stereocenters. The predicted molar refractivity (Wildman–Crippen MR) is 44.6 cm³/mol. The van der Waals surface area contributed by atoms with Gasteiger partial charge in [-0.15, -0.1) is 0 Å². The van der Waals surface area contributed by atoms with E-state index >= 15 is 0 Å². The highest BCUT2D eigenvalue weighted by atomic mass is 16.3. The second-order valence-electron chi connectivity index (χ2n) is 2.56. The van der Waals surface area contributed by atoms with Gasteiger partial charge < -0.3 is 15.5 Å². The SMILES string of the molecule is CNC(=O)C(C)NC(CO)CO. The van der Waals surface area contributed by atoms with Crippen LogP contribution in [0.3, 0.4) is 0 Å².